The predicted octanol–water partition coefficient (Wildman–Crippen LogP) is 26.4. The highest BCUT2D eigenvalue weighted by atomic mass is 16.3. The van der Waals surface area contributed by atoms with Crippen LogP contribution in [-0.2, 0) is 0 Å². The molecule has 2 heterocycles. The van der Waals surface area contributed by atoms with E-state index in [9.17, 15) is 26.0 Å². The second-order valence-corrected chi connectivity index (χ2v) is 20.5. The summed E-state index contributed by atoms with van der Waals surface area (Å²) in [6.07, 6.45) is 0. The number of hydrogen-bond donors (Lipinski definition) is 0. The van der Waals surface area contributed by atoms with Crippen LogP contribution in [0.3, 0.4) is 0 Å². The van der Waals surface area contributed by atoms with Crippen molar-refractivity contribution in [2.45, 2.75) is 0 Å². The minimum absolute atomic E-state index is 0.479. The van der Waals surface area contributed by atoms with Crippen LogP contribution in [0.2, 0.25) is 0 Å². The van der Waals surface area contributed by atoms with Crippen molar-refractivity contribution in [1.82, 2.24) is 0 Å². The summed E-state index contributed by atoms with van der Waals surface area (Å²) in [5, 5.41) is -12.4. The Hall–Kier alpha value is -12.4. The quantitative estimate of drug-likeness (QED) is 0.123. The van der Waals surface area contributed by atoms with Gasteiger partial charge < -0.3 is 8.83 Å². The van der Waals surface area contributed by atoms with E-state index in [4.69, 9.17) is 59.6 Å². The first-order valence-electron chi connectivity index (χ1n) is 55.8. The van der Waals surface area contributed by atoms with Crippen molar-refractivity contribution >= 4 is 130 Å². The predicted molar refractivity (Wildman–Crippen MR) is 400 cm³/mol. The molecular formula is C92H56O2. The molecular weight excluding hydrogens is 1140 g/mol. The fraction of sp³-hybridized carbons (Fsp3) is 0. The number of hydrogen-bond acceptors (Lipinski definition) is 2. The van der Waals surface area contributed by atoms with E-state index in [-0.39, 0.29) is 0 Å². The van der Waals surface area contributed by atoms with Crippen LogP contribution in [0, 0.1) is 0 Å². The molecule has 94 heavy (non-hydrogen) atoms. The first-order valence-corrected chi connectivity index (χ1v) is 27.8. The van der Waals surface area contributed by atoms with Gasteiger partial charge in [-0.3, -0.25) is 0 Å². The summed E-state index contributed by atoms with van der Waals surface area (Å²) in [5.41, 5.74) is -11.6. The van der Waals surface area contributed by atoms with Gasteiger partial charge in [0.15, 0.2) is 0 Å². The normalized spacial score (nSPS) is 20.2. The van der Waals surface area contributed by atoms with E-state index in [1.54, 1.807) is 0 Å². The van der Waals surface area contributed by atoms with E-state index in [0.29, 0.717) is 0 Å². The fourth-order valence-corrected chi connectivity index (χ4v) is 11.8. The maximum Gasteiger partial charge on any atom is 0.136 e. The van der Waals surface area contributed by atoms with Crippen LogP contribution in [0.5, 0.6) is 0 Å². The molecule has 0 saturated carbocycles. The largest absolute Gasteiger partial charge is 0.456 e. The maximum absolute atomic E-state index is 9.70. The van der Waals surface area contributed by atoms with Crippen molar-refractivity contribution in [1.29, 1.82) is 0 Å². The van der Waals surface area contributed by atoms with Crippen LogP contribution in [0.4, 0.5) is 0 Å². The van der Waals surface area contributed by atoms with E-state index in [1.807, 2.05) is 0 Å². The summed E-state index contributed by atoms with van der Waals surface area (Å²) in [4.78, 5) is 0. The molecule has 0 aliphatic carbocycles. The third-order valence-corrected chi connectivity index (χ3v) is 15.6. The zero-order chi connectivity index (χ0) is 111. The van der Waals surface area contributed by atoms with Crippen LogP contribution in [0.25, 0.3) is 197 Å². The lowest BCUT2D eigenvalue weighted by Gasteiger charge is -2.18. The lowest BCUT2D eigenvalue weighted by atomic mass is 9.84. The molecule has 0 aliphatic heterocycles. The maximum atomic E-state index is 9.70. The molecule has 0 fully saturated rings. The molecule has 0 atom stereocenters. The highest BCUT2D eigenvalue weighted by Gasteiger charge is 2.23. The van der Waals surface area contributed by atoms with Crippen molar-refractivity contribution in [2.75, 3.05) is 0 Å². The fourth-order valence-electron chi connectivity index (χ4n) is 11.8. The van der Waals surface area contributed by atoms with E-state index >= 15 is 0 Å². The summed E-state index contributed by atoms with van der Waals surface area (Å²) < 4.78 is 516. The molecule has 0 bridgehead atoms. The average molecular weight is 1250 g/mol. The lowest BCUT2D eigenvalue weighted by Crippen LogP contribution is -1.91. The van der Waals surface area contributed by atoms with E-state index in [1.165, 1.54) is 0 Å². The molecule has 0 amide bonds. The van der Waals surface area contributed by atoms with Crippen LogP contribution in [-0.4, -0.2) is 0 Å². The Morgan fingerprint density at radius 1 is 0.170 bits per heavy atom. The zero-order valence-corrected chi connectivity index (χ0v) is 46.8. The Balaban J connectivity index is 0.000000188. The molecule has 0 aliphatic rings. The second kappa shape index (κ2) is 21.7. The van der Waals surface area contributed by atoms with E-state index in [2.05, 4.69) is 0 Å². The van der Waals surface area contributed by atoms with Gasteiger partial charge in [0.25, 0.3) is 0 Å². The van der Waals surface area contributed by atoms with Crippen molar-refractivity contribution < 1.29 is 85.6 Å². The van der Waals surface area contributed by atoms with Gasteiger partial charge in [0.05, 0.1) is 76.8 Å². The van der Waals surface area contributed by atoms with E-state index in [0.717, 1.165) is 0 Å². The number of fused-ring (bicyclic) bond motifs is 16. The van der Waals surface area contributed by atoms with Crippen LogP contribution < -0.4 is 0 Å². The zero-order valence-electron chi connectivity index (χ0n) is 103. The molecule has 0 unspecified atom stereocenters. The van der Waals surface area contributed by atoms with Gasteiger partial charge in [-0.2, -0.15) is 0 Å². The molecule has 0 saturated heterocycles. The van der Waals surface area contributed by atoms with Gasteiger partial charge in [0.2, 0.25) is 0 Å². The average Bonchev–Trinajstić information content (AvgIpc) is 1.11. The summed E-state index contributed by atoms with van der Waals surface area (Å²) in [7, 11) is 0. The lowest BCUT2D eigenvalue weighted by molar-refractivity contribution is 0.668. The molecule has 0 spiro atoms. The first kappa shape index (κ1) is 21.9. The van der Waals surface area contributed by atoms with Gasteiger partial charge in [-0.1, -0.05) is 308 Å². The first-order chi connectivity index (χ1) is 70.0. The van der Waals surface area contributed by atoms with Gasteiger partial charge in [-0.15, -0.1) is 0 Å². The number of benzene rings is 18. The van der Waals surface area contributed by atoms with Gasteiger partial charge in [-0.05, 0) is 183 Å². The molecule has 20 rings (SSSR count). The molecule has 20 aromatic rings. The third-order valence-electron chi connectivity index (χ3n) is 15.6. The molecule has 18 aromatic carbocycles. The van der Waals surface area contributed by atoms with Gasteiger partial charge in [0.1, 0.15) is 22.3 Å². The topological polar surface area (TPSA) is 26.3 Å². The minimum Gasteiger partial charge on any atom is -0.456 e. The molecule has 2 aromatic heterocycles. The Morgan fingerprint density at radius 2 is 0.468 bits per heavy atom. The SMILES string of the molecule is [2H]c1c([2H])c(-c2c([2H])c([2H])c([2H])c3c2c([2H])c([2H])c2c([2H])c([2H])c([2H])c([2H])c23)c([2H])c([2H])c1-c1c2c([2H])c([2H])c([2H])c([2H])c2c(-c2c([2H])c([2H])c([2H])c3oc4c([2H])c([2H])c([2H])c([2H])c4c23)c2c([2H])c([2H])c([2H])c([2H])c12.[2H]c1c([2H])c(-c2c([2H])c3c([2H])c([2H])c([2H])c([2H])c3c3c([2H])c([2H])c([2H])c([2H])c23)c([2H])c([2H])c1-c1c2c([2H])c([2H])c([2H])c([2H])c2c(-c2c([2H])c([2H])c([2H])c3oc4c([2H])c([2H])c([2H])c([2H])c4c23)c2c([2H])c([2H])c([2H])c([2H])c12. The summed E-state index contributed by atoms with van der Waals surface area (Å²) in [6.45, 7) is 0. The highest BCUT2D eigenvalue weighted by Crippen LogP contribution is 2.50. The number of para-hydroxylation sites is 2. The summed E-state index contributed by atoms with van der Waals surface area (Å²) in [6, 6.07) is -52.1. The van der Waals surface area contributed by atoms with E-state index < -0.39 is 535 Å². The van der Waals surface area contributed by atoms with Crippen molar-refractivity contribution in [3.8, 4) is 66.8 Å². The Labute approximate surface area is 620 Å². The Morgan fingerprint density at radius 3 is 0.936 bits per heavy atom. The molecule has 2 nitrogen and oxygen atoms in total. The molecule has 0 N–H and O–H groups in total. The second-order valence-electron chi connectivity index (χ2n) is 20.5. The monoisotopic (exact) mass is 1250 g/mol. The summed E-state index contributed by atoms with van der Waals surface area (Å²) >= 11 is 0. The minimum atomic E-state index is -1.13. The van der Waals surface area contributed by atoms with Gasteiger partial charge in [-0.25, -0.2) is 0 Å². The van der Waals surface area contributed by atoms with Crippen LogP contribution in [0.1, 0.15) is 76.8 Å². The van der Waals surface area contributed by atoms with Crippen LogP contribution >= 0.6 is 0 Å². The summed E-state index contributed by atoms with van der Waals surface area (Å²) in [5.74, 6) is 0. The van der Waals surface area contributed by atoms with Crippen LogP contribution in [0.15, 0.2) is 347 Å². The molecule has 2 heteroatoms. The van der Waals surface area contributed by atoms with Crippen molar-refractivity contribution in [3.05, 3.63) is 338 Å². The third kappa shape index (κ3) is 8.43. The number of furan rings is 2. The standard InChI is InChI=1S/2C46H28O/c1-2-12-32-29(11-1)27-28-35-33(18-9-19-34(32)35)30-23-25-31(26-24-30)44-36-13-3-5-15-38(36)45(39-16-6-4-14-37(39)44)41-20-10-22-43-46(41)40-17-7-8-21-42(40)47-43;1-2-13-32-31(12-1)28-41(34-15-4-3-14-33(32)34)29-24-26-30(27-25-29)44-35-16-5-7-18-37(35)45(38-19-8-6-17-36(38)44)40-21-11-23-43-46(40)39-20-9-10-22-42(39)47-43/h2*1-28H/i2*1D,2D,3D,4D,5D,6D,7D,8D,9D,10D,11D,12D,13D,14D,15D,16D,17D,18D,19D,20D,21D,22D,23D,24D,25D,26D,27D,28D. The van der Waals surface area contributed by atoms with Crippen molar-refractivity contribution in [2.24, 2.45) is 0 Å². The number of rotatable bonds is 6. The Bertz CT molecular complexity index is 9750. The highest BCUT2D eigenvalue weighted by molar-refractivity contribution is 6.28. The van der Waals surface area contributed by atoms with Crippen molar-refractivity contribution in [3.63, 3.8) is 0 Å². The Kier molecular flexibility index (Phi) is 5.05. The van der Waals surface area contributed by atoms with Gasteiger partial charge in [0, 0.05) is 21.5 Å². The molecule has 0 radical (unpaired) electrons. The smallest absolute Gasteiger partial charge is 0.136 e. The van der Waals surface area contributed by atoms with Gasteiger partial charge >= 0.3 is 0 Å². The molecule has 436 valence electrons.